The van der Waals surface area contributed by atoms with E-state index >= 15 is 0 Å². The van der Waals surface area contributed by atoms with Gasteiger partial charge in [0.2, 0.25) is 0 Å². The number of hydrogen-bond donors (Lipinski definition) is 3. The Morgan fingerprint density at radius 2 is 0.538 bits per heavy atom. The van der Waals surface area contributed by atoms with Crippen LogP contribution in [0.4, 0.5) is 0 Å². The van der Waals surface area contributed by atoms with Gasteiger partial charge in [-0.25, -0.2) is 9.13 Å². The Morgan fingerprint density at radius 1 is 0.288 bits per heavy atom. The van der Waals surface area contributed by atoms with Crippen molar-refractivity contribution in [2.75, 3.05) is 39.6 Å². The Hall–Kier alpha value is -5.06. The molecule has 0 saturated heterocycles. The highest BCUT2D eigenvalue weighted by Crippen LogP contribution is 2.45. The van der Waals surface area contributed by atoms with Gasteiger partial charge >= 0.3 is 39.5 Å². The number of rotatable bonds is 74. The number of esters is 4. The molecule has 3 N–H and O–H groups in total. The second-order valence-electron chi connectivity index (χ2n) is 26.3. The summed E-state index contributed by atoms with van der Waals surface area (Å²) >= 11 is 0. The molecule has 0 aliphatic carbocycles. The molecule has 0 aromatic carbocycles. The monoisotopic (exact) mass is 1500 g/mol. The Bertz CT molecular complexity index is 2540. The van der Waals surface area contributed by atoms with Gasteiger partial charge in [0.05, 0.1) is 32.8 Å². The number of carbonyl (C=O) groups excluding carboxylic acids is 4. The van der Waals surface area contributed by atoms with Gasteiger partial charge in [-0.15, -0.1) is 0 Å². The summed E-state index contributed by atoms with van der Waals surface area (Å²) in [6.07, 6.45) is 87.1. The van der Waals surface area contributed by atoms with E-state index < -0.39 is 97.5 Å². The third kappa shape index (κ3) is 75.2. The van der Waals surface area contributed by atoms with Gasteiger partial charge in [-0.3, -0.25) is 37.3 Å². The van der Waals surface area contributed by atoms with E-state index in [2.05, 4.69) is 149 Å². The van der Waals surface area contributed by atoms with Crippen molar-refractivity contribution in [2.24, 2.45) is 0 Å². The fourth-order valence-electron chi connectivity index (χ4n) is 10.2. The third-order valence-electron chi connectivity index (χ3n) is 16.3. The fraction of sp³-hybridized carbons (Fsp3) is 0.671. The number of hydrogen-bond acceptors (Lipinski definition) is 15. The van der Waals surface area contributed by atoms with Gasteiger partial charge < -0.3 is 33.8 Å². The lowest BCUT2D eigenvalue weighted by Gasteiger charge is -2.21. The minimum Gasteiger partial charge on any atom is -0.462 e. The maximum Gasteiger partial charge on any atom is 0.472 e. The molecule has 0 spiro atoms. The van der Waals surface area contributed by atoms with E-state index in [0.29, 0.717) is 25.7 Å². The van der Waals surface area contributed by atoms with Crippen molar-refractivity contribution in [3.63, 3.8) is 0 Å². The van der Waals surface area contributed by atoms with E-state index in [4.69, 9.17) is 37.0 Å². The van der Waals surface area contributed by atoms with Gasteiger partial charge in [-0.1, -0.05) is 276 Å². The fourth-order valence-corrected chi connectivity index (χ4v) is 11.8. The van der Waals surface area contributed by atoms with E-state index in [0.717, 1.165) is 173 Å². The SMILES string of the molecule is CC/C=C\C/C=C\C/C=C\C/C=C\C/C=C\CC(=O)OC(COC(=O)CCCCCCCC/C=C\C/C=C\C/C=C\CCCCC)COP(=O)(O)OCC(O)COP(=O)(O)OCC(COC(=O)CCCCCCC/C=C\C/C=C\CCCCC)OC(=O)CCCCCCC/C=C\C/C=C\CCCCC. The predicted molar refractivity (Wildman–Crippen MR) is 427 cm³/mol. The van der Waals surface area contributed by atoms with Crippen LogP contribution in [0.2, 0.25) is 0 Å². The maximum atomic E-state index is 13.1. The molecule has 0 heterocycles. The largest absolute Gasteiger partial charge is 0.472 e. The van der Waals surface area contributed by atoms with E-state index in [1.165, 1.54) is 57.8 Å². The van der Waals surface area contributed by atoms with Crippen molar-refractivity contribution in [1.29, 1.82) is 0 Å². The number of ether oxygens (including phenoxy) is 4. The summed E-state index contributed by atoms with van der Waals surface area (Å²) in [6.45, 7) is 4.52. The normalized spacial score (nSPS) is 14.6. The number of unbranched alkanes of at least 4 members (excludes halogenated alkanes) is 25. The van der Waals surface area contributed by atoms with Gasteiger partial charge in [0.15, 0.2) is 12.2 Å². The average molecular weight is 1500 g/mol. The molecule has 594 valence electrons. The second kappa shape index (κ2) is 76.1. The standard InChI is InChI=1S/C85H142O17P2/c1-5-9-13-17-21-25-29-33-37-38-39-40-44-46-50-54-58-62-66-70-83(88)96-76-81(102-85(90)72-68-64-60-56-52-48-43-36-32-28-24-20-16-12-8-4)78-100-104(93,94)98-74-79(86)73-97-103(91,92)99-77-80(101-84(89)71-67-63-59-55-51-47-42-35-31-27-23-19-15-11-7-3)75-95-82(87)69-65-61-57-53-49-45-41-34-30-26-22-18-14-10-6-2/h12,16,21-28,33-37,39-43,52,56,64,68,79-81,86H,5-11,13-15,17-20,29-32,38,44-51,53-55,57-63,65-67,69-78H2,1-4H3,(H,91,92)(H,93,94)/b16-12-,25-21-,26-22-,27-23-,28-24-,37-33-,40-39-,41-34-,42-35-,43-36-,56-52-,68-64-. The molecule has 19 heteroatoms. The number of allylic oxidation sites excluding steroid dienone is 23. The van der Waals surface area contributed by atoms with Crippen LogP contribution in [0.1, 0.15) is 310 Å². The molecule has 0 aliphatic heterocycles. The highest BCUT2D eigenvalue weighted by atomic mass is 31.2. The van der Waals surface area contributed by atoms with Crippen LogP contribution in [0.5, 0.6) is 0 Å². The first kappa shape index (κ1) is 98.9. The van der Waals surface area contributed by atoms with Crippen LogP contribution in [0.3, 0.4) is 0 Å². The van der Waals surface area contributed by atoms with Gasteiger partial charge in [0.1, 0.15) is 19.3 Å². The summed E-state index contributed by atoms with van der Waals surface area (Å²) in [6, 6.07) is 0. The lowest BCUT2D eigenvalue weighted by atomic mass is 10.1. The first-order valence-electron chi connectivity index (χ1n) is 40.1. The molecule has 0 aromatic rings. The number of aliphatic hydroxyl groups excluding tert-OH is 1. The quantitative estimate of drug-likeness (QED) is 0.0169. The lowest BCUT2D eigenvalue weighted by Crippen LogP contribution is -2.30. The average Bonchev–Trinajstić information content (AvgIpc) is 0.999. The minimum atomic E-state index is -5.01. The van der Waals surface area contributed by atoms with Crippen LogP contribution in [0.15, 0.2) is 146 Å². The van der Waals surface area contributed by atoms with E-state index in [1.54, 1.807) is 12.2 Å². The third-order valence-corrected chi connectivity index (χ3v) is 18.2. The van der Waals surface area contributed by atoms with Crippen molar-refractivity contribution in [3.05, 3.63) is 146 Å². The highest BCUT2D eigenvalue weighted by molar-refractivity contribution is 7.47. The van der Waals surface area contributed by atoms with E-state index in [1.807, 2.05) is 12.2 Å². The van der Waals surface area contributed by atoms with Crippen molar-refractivity contribution in [1.82, 2.24) is 0 Å². The van der Waals surface area contributed by atoms with Crippen LogP contribution in [0, 0.1) is 0 Å². The molecular weight excluding hydrogens is 1350 g/mol. The Kier molecular flexibility index (Phi) is 72.4. The van der Waals surface area contributed by atoms with Crippen molar-refractivity contribution < 1.29 is 80.2 Å². The smallest absolute Gasteiger partial charge is 0.462 e. The molecule has 17 nitrogen and oxygen atoms in total. The molecule has 0 fully saturated rings. The molecule has 0 aliphatic rings. The van der Waals surface area contributed by atoms with Crippen LogP contribution in [0.25, 0.3) is 0 Å². The number of phosphoric ester groups is 2. The van der Waals surface area contributed by atoms with Crippen LogP contribution >= 0.6 is 15.6 Å². The van der Waals surface area contributed by atoms with Gasteiger partial charge in [0.25, 0.3) is 0 Å². The molecule has 5 unspecified atom stereocenters. The Balaban J connectivity index is 5.46. The Labute approximate surface area is 630 Å². The molecule has 0 rings (SSSR count). The highest BCUT2D eigenvalue weighted by Gasteiger charge is 2.30. The van der Waals surface area contributed by atoms with E-state index in [9.17, 15) is 43.2 Å². The number of aliphatic hydroxyl groups is 1. The van der Waals surface area contributed by atoms with Crippen molar-refractivity contribution in [2.45, 2.75) is 329 Å². The topological polar surface area (TPSA) is 237 Å². The first-order valence-corrected chi connectivity index (χ1v) is 43.1. The zero-order valence-corrected chi connectivity index (χ0v) is 66.7. The molecule has 0 bridgehead atoms. The van der Waals surface area contributed by atoms with E-state index in [-0.39, 0.29) is 25.7 Å². The molecule has 0 saturated carbocycles. The summed E-state index contributed by atoms with van der Waals surface area (Å²) in [4.78, 5) is 73.0. The van der Waals surface area contributed by atoms with Crippen molar-refractivity contribution >= 4 is 39.5 Å². The minimum absolute atomic E-state index is 0.0699. The molecule has 5 atom stereocenters. The number of phosphoric acid groups is 2. The summed E-state index contributed by atoms with van der Waals surface area (Å²) < 4.78 is 68.4. The lowest BCUT2D eigenvalue weighted by molar-refractivity contribution is -0.161. The summed E-state index contributed by atoms with van der Waals surface area (Å²) in [7, 11) is -10.0. The van der Waals surface area contributed by atoms with Gasteiger partial charge in [-0.2, -0.15) is 0 Å². The predicted octanol–water partition coefficient (Wildman–Crippen LogP) is 23.4. The summed E-state index contributed by atoms with van der Waals surface area (Å²) in [5.41, 5.74) is 0. The van der Waals surface area contributed by atoms with Crippen LogP contribution < -0.4 is 0 Å². The second-order valence-corrected chi connectivity index (χ2v) is 29.2. The van der Waals surface area contributed by atoms with Gasteiger partial charge in [-0.05, 0) is 154 Å². The molecular formula is C85H142O17P2. The molecule has 0 amide bonds. The van der Waals surface area contributed by atoms with Crippen LogP contribution in [-0.4, -0.2) is 96.7 Å². The number of carbonyl (C=O) groups is 4. The molecule has 104 heavy (non-hydrogen) atoms. The zero-order chi connectivity index (χ0) is 76.0. The van der Waals surface area contributed by atoms with Crippen LogP contribution in [-0.2, 0) is 65.4 Å². The maximum absolute atomic E-state index is 13.1. The van der Waals surface area contributed by atoms with Crippen molar-refractivity contribution in [3.8, 4) is 0 Å². The zero-order valence-electron chi connectivity index (χ0n) is 64.9. The summed E-state index contributed by atoms with van der Waals surface area (Å²) in [5.74, 6) is -2.37. The first-order chi connectivity index (χ1) is 50.7. The molecule has 0 radical (unpaired) electrons. The molecule has 0 aromatic heterocycles. The summed E-state index contributed by atoms with van der Waals surface area (Å²) in [5, 5.41) is 10.6. The Morgan fingerprint density at radius 3 is 0.856 bits per heavy atom. The van der Waals surface area contributed by atoms with Gasteiger partial charge in [0, 0.05) is 19.3 Å².